The van der Waals surface area contributed by atoms with Gasteiger partial charge in [-0.05, 0) is 42.6 Å². The largest absolute Gasteiger partial charge is 0.316 e. The molecule has 5 heteroatoms. The number of likely N-dealkylation sites (tertiary alicyclic amines) is 1. The molecule has 0 aromatic heterocycles. The molecule has 3 rings (SSSR count). The lowest BCUT2D eigenvalue weighted by Gasteiger charge is -2.18. The van der Waals surface area contributed by atoms with Gasteiger partial charge in [0.2, 0.25) is 0 Å². The van der Waals surface area contributed by atoms with Crippen LogP contribution in [-0.4, -0.2) is 31.1 Å². The first-order valence-electron chi connectivity index (χ1n) is 6.09. The zero-order chi connectivity index (χ0) is 11.8. The highest BCUT2D eigenvalue weighted by atomic mass is 79.9. The second-order valence-corrected chi connectivity index (χ2v) is 6.40. The van der Waals surface area contributed by atoms with Crippen LogP contribution in [0, 0.1) is 11.8 Å². The molecule has 2 atom stereocenters. The van der Waals surface area contributed by atoms with Crippen LogP contribution in [-0.2, 0) is 6.54 Å². The molecule has 2 aliphatic heterocycles. The maximum atomic E-state index is 5.96. The summed E-state index contributed by atoms with van der Waals surface area (Å²) in [5.41, 5.74) is 1.34. The molecule has 0 spiro atoms. The minimum atomic E-state index is 0. The maximum absolute atomic E-state index is 5.96. The van der Waals surface area contributed by atoms with Crippen molar-refractivity contribution in [3.8, 4) is 0 Å². The fourth-order valence-electron chi connectivity index (χ4n) is 2.97. The van der Waals surface area contributed by atoms with Crippen molar-refractivity contribution in [2.24, 2.45) is 11.8 Å². The second-order valence-electron chi connectivity index (χ2n) is 5.11. The molecule has 0 amide bonds. The molecule has 2 saturated heterocycles. The maximum Gasteiger partial charge on any atom is 0.0417 e. The van der Waals surface area contributed by atoms with Gasteiger partial charge in [0.05, 0.1) is 0 Å². The van der Waals surface area contributed by atoms with E-state index in [-0.39, 0.29) is 12.4 Å². The van der Waals surface area contributed by atoms with E-state index in [9.17, 15) is 0 Å². The van der Waals surface area contributed by atoms with E-state index in [0.717, 1.165) is 27.9 Å². The van der Waals surface area contributed by atoms with Crippen LogP contribution in [0.2, 0.25) is 5.02 Å². The summed E-state index contributed by atoms with van der Waals surface area (Å²) in [5.74, 6) is 1.72. The molecule has 0 saturated carbocycles. The van der Waals surface area contributed by atoms with Crippen molar-refractivity contribution < 1.29 is 0 Å². The van der Waals surface area contributed by atoms with E-state index in [4.69, 9.17) is 11.6 Å². The zero-order valence-corrected chi connectivity index (χ0v) is 13.2. The highest BCUT2D eigenvalue weighted by Gasteiger charge is 2.35. The minimum absolute atomic E-state index is 0. The summed E-state index contributed by atoms with van der Waals surface area (Å²) in [6.45, 7) is 5.89. The monoisotopic (exact) mass is 350 g/mol. The SMILES string of the molecule is Cl.Clc1ccc(CN2C[C@H]3CNC[C@H]3C2)c(Br)c1. The Morgan fingerprint density at radius 2 is 1.94 bits per heavy atom. The summed E-state index contributed by atoms with van der Waals surface area (Å²) in [5, 5.41) is 4.27. The normalized spacial score (nSPS) is 27.0. The van der Waals surface area contributed by atoms with Gasteiger partial charge in [-0.2, -0.15) is 0 Å². The minimum Gasteiger partial charge on any atom is -0.316 e. The quantitative estimate of drug-likeness (QED) is 0.880. The molecule has 2 heterocycles. The Hall–Kier alpha value is 0.200. The molecule has 18 heavy (non-hydrogen) atoms. The number of hydrogen-bond donors (Lipinski definition) is 1. The Balaban J connectivity index is 0.00000120. The van der Waals surface area contributed by atoms with Gasteiger partial charge >= 0.3 is 0 Å². The molecule has 0 bridgehead atoms. The van der Waals surface area contributed by atoms with Crippen molar-refractivity contribution in [2.45, 2.75) is 6.54 Å². The van der Waals surface area contributed by atoms with E-state index < -0.39 is 0 Å². The van der Waals surface area contributed by atoms with E-state index in [1.165, 1.54) is 31.7 Å². The van der Waals surface area contributed by atoms with E-state index in [1.807, 2.05) is 12.1 Å². The summed E-state index contributed by atoms with van der Waals surface area (Å²) in [4.78, 5) is 2.56. The zero-order valence-electron chi connectivity index (χ0n) is 10.0. The van der Waals surface area contributed by atoms with Gasteiger partial charge in [0.1, 0.15) is 0 Å². The van der Waals surface area contributed by atoms with Crippen molar-refractivity contribution >= 4 is 39.9 Å². The summed E-state index contributed by atoms with van der Waals surface area (Å²) >= 11 is 9.55. The predicted molar refractivity (Wildman–Crippen MR) is 81.5 cm³/mol. The fourth-order valence-corrected chi connectivity index (χ4v) is 3.78. The van der Waals surface area contributed by atoms with Gasteiger partial charge < -0.3 is 5.32 Å². The highest BCUT2D eigenvalue weighted by Crippen LogP contribution is 2.29. The third-order valence-corrected chi connectivity index (χ3v) is 4.85. The number of nitrogens with one attached hydrogen (secondary N) is 1. The highest BCUT2D eigenvalue weighted by molar-refractivity contribution is 9.10. The second kappa shape index (κ2) is 6.10. The fraction of sp³-hybridized carbons (Fsp3) is 0.538. The van der Waals surface area contributed by atoms with Gasteiger partial charge in [0.25, 0.3) is 0 Å². The Labute approximate surface area is 128 Å². The molecule has 1 N–H and O–H groups in total. The molecule has 2 nitrogen and oxygen atoms in total. The van der Waals surface area contributed by atoms with Crippen LogP contribution in [0.4, 0.5) is 0 Å². The third-order valence-electron chi connectivity index (χ3n) is 3.87. The van der Waals surface area contributed by atoms with Crippen LogP contribution in [0.15, 0.2) is 22.7 Å². The lowest BCUT2D eigenvalue weighted by Crippen LogP contribution is -2.25. The van der Waals surface area contributed by atoms with Crippen LogP contribution < -0.4 is 5.32 Å². The Kier molecular flexibility index (Phi) is 4.95. The van der Waals surface area contributed by atoms with E-state index in [1.54, 1.807) is 0 Å². The molecule has 0 aliphatic carbocycles. The first kappa shape index (κ1) is 14.6. The summed E-state index contributed by atoms with van der Waals surface area (Å²) in [6.07, 6.45) is 0. The van der Waals surface area contributed by atoms with E-state index in [2.05, 4.69) is 32.2 Å². The molecule has 0 unspecified atom stereocenters. The van der Waals surface area contributed by atoms with Crippen LogP contribution in [0.5, 0.6) is 0 Å². The molecule has 0 radical (unpaired) electrons. The van der Waals surface area contributed by atoms with Crippen molar-refractivity contribution in [3.05, 3.63) is 33.3 Å². The average Bonchev–Trinajstić information content (AvgIpc) is 2.82. The van der Waals surface area contributed by atoms with E-state index in [0.29, 0.717) is 0 Å². The van der Waals surface area contributed by atoms with Gasteiger partial charge in [-0.1, -0.05) is 33.6 Å². The van der Waals surface area contributed by atoms with Gasteiger partial charge in [0.15, 0.2) is 0 Å². The molecular weight excluding hydrogens is 335 g/mol. The number of rotatable bonds is 2. The number of fused-ring (bicyclic) bond motifs is 1. The molecule has 1 aromatic carbocycles. The molecule has 2 fully saturated rings. The molecule has 1 aromatic rings. The smallest absolute Gasteiger partial charge is 0.0417 e. The van der Waals surface area contributed by atoms with Gasteiger partial charge in [-0.15, -0.1) is 12.4 Å². The van der Waals surface area contributed by atoms with Crippen molar-refractivity contribution in [2.75, 3.05) is 26.2 Å². The van der Waals surface area contributed by atoms with Gasteiger partial charge in [-0.25, -0.2) is 0 Å². The summed E-state index contributed by atoms with van der Waals surface area (Å²) in [7, 11) is 0. The van der Waals surface area contributed by atoms with Crippen molar-refractivity contribution in [1.82, 2.24) is 10.2 Å². The number of halogens is 3. The standard InChI is InChI=1S/C13H16BrClN2.ClH/c14-13-3-12(15)2-1-9(13)6-17-7-10-4-16-5-11(10)8-17;/h1-3,10-11,16H,4-8H2;1H/t10-,11+;. The van der Waals surface area contributed by atoms with Gasteiger partial charge in [-0.3, -0.25) is 4.90 Å². The molecular formula is C13H17BrCl2N2. The Morgan fingerprint density at radius 1 is 1.28 bits per heavy atom. The first-order valence-corrected chi connectivity index (χ1v) is 7.26. The molecule has 2 aliphatic rings. The Morgan fingerprint density at radius 3 is 2.56 bits per heavy atom. The van der Waals surface area contributed by atoms with Crippen LogP contribution >= 0.6 is 39.9 Å². The van der Waals surface area contributed by atoms with Crippen LogP contribution in [0.3, 0.4) is 0 Å². The molecule has 100 valence electrons. The lowest BCUT2D eigenvalue weighted by atomic mass is 10.0. The lowest BCUT2D eigenvalue weighted by molar-refractivity contribution is 0.305. The van der Waals surface area contributed by atoms with Crippen LogP contribution in [0.1, 0.15) is 5.56 Å². The number of benzene rings is 1. The third kappa shape index (κ3) is 3.02. The van der Waals surface area contributed by atoms with Crippen LogP contribution in [0.25, 0.3) is 0 Å². The predicted octanol–water partition coefficient (Wildman–Crippen LogP) is 3.18. The number of nitrogens with zero attached hydrogens (tertiary/aromatic N) is 1. The number of hydrogen-bond acceptors (Lipinski definition) is 2. The summed E-state index contributed by atoms with van der Waals surface area (Å²) < 4.78 is 1.13. The van der Waals surface area contributed by atoms with Crippen molar-refractivity contribution in [1.29, 1.82) is 0 Å². The topological polar surface area (TPSA) is 15.3 Å². The summed E-state index contributed by atoms with van der Waals surface area (Å²) in [6, 6.07) is 6.08. The first-order chi connectivity index (χ1) is 8.22. The average molecular weight is 352 g/mol. The van der Waals surface area contributed by atoms with Crippen molar-refractivity contribution in [3.63, 3.8) is 0 Å². The van der Waals surface area contributed by atoms with Gasteiger partial charge in [0, 0.05) is 29.1 Å². The van der Waals surface area contributed by atoms with E-state index >= 15 is 0 Å². The Bertz CT molecular complexity index is 415.